The molecule has 1 atom stereocenters. The van der Waals surface area contributed by atoms with E-state index in [0.29, 0.717) is 21.8 Å². The van der Waals surface area contributed by atoms with Gasteiger partial charge >= 0.3 is 0 Å². The zero-order valence-corrected chi connectivity index (χ0v) is 14.6. The van der Waals surface area contributed by atoms with Crippen LogP contribution in [0.25, 0.3) is 11.3 Å². The molecule has 0 bridgehead atoms. The molecule has 0 saturated heterocycles. The second kappa shape index (κ2) is 6.72. The van der Waals surface area contributed by atoms with Crippen LogP contribution in [0.2, 0.25) is 5.02 Å². The fourth-order valence-corrected chi connectivity index (χ4v) is 2.32. The number of aromatic nitrogens is 2. The van der Waals surface area contributed by atoms with Crippen LogP contribution in [0.5, 0.6) is 0 Å². The van der Waals surface area contributed by atoms with Crippen LogP contribution in [0.4, 0.5) is 0 Å². The number of hydrogen-bond acceptors (Lipinski definition) is 3. The van der Waals surface area contributed by atoms with E-state index in [9.17, 15) is 9.90 Å². The Morgan fingerprint density at radius 1 is 1.39 bits per heavy atom. The molecule has 0 fully saturated rings. The summed E-state index contributed by atoms with van der Waals surface area (Å²) in [4.78, 5) is 12.5. The third kappa shape index (κ3) is 4.12. The standard InChI is InChI=1S/C17H22ClN3O2/c1-17(2,3)14(22)9-19-16(23)12-10-21(4)20-15(12)11-7-5-6-8-13(11)18/h5-8,10,14,22H,9H2,1-4H3,(H,19,23). The van der Waals surface area contributed by atoms with Crippen LogP contribution < -0.4 is 5.32 Å². The molecule has 23 heavy (non-hydrogen) atoms. The molecule has 2 N–H and O–H groups in total. The lowest BCUT2D eigenvalue weighted by Gasteiger charge is -2.25. The Labute approximate surface area is 141 Å². The number of carbonyl (C=O) groups is 1. The van der Waals surface area contributed by atoms with Crippen LogP contribution in [0.3, 0.4) is 0 Å². The van der Waals surface area contributed by atoms with Crippen LogP contribution in [-0.2, 0) is 7.05 Å². The molecule has 1 aromatic heterocycles. The van der Waals surface area contributed by atoms with Gasteiger partial charge in [-0.1, -0.05) is 50.6 Å². The number of rotatable bonds is 4. The van der Waals surface area contributed by atoms with Crippen molar-refractivity contribution < 1.29 is 9.90 Å². The van der Waals surface area contributed by atoms with Crippen molar-refractivity contribution >= 4 is 17.5 Å². The second-order valence-electron chi connectivity index (χ2n) is 6.64. The Bertz CT molecular complexity index is 704. The number of carbonyl (C=O) groups excluding carboxylic acids is 1. The van der Waals surface area contributed by atoms with E-state index in [0.717, 1.165) is 0 Å². The summed E-state index contributed by atoms with van der Waals surface area (Å²) in [5.74, 6) is -0.281. The van der Waals surface area contributed by atoms with Crippen molar-refractivity contribution in [2.75, 3.05) is 6.54 Å². The summed E-state index contributed by atoms with van der Waals surface area (Å²) in [6.07, 6.45) is 1.02. The van der Waals surface area contributed by atoms with E-state index in [4.69, 9.17) is 11.6 Å². The van der Waals surface area contributed by atoms with Crippen molar-refractivity contribution in [3.63, 3.8) is 0 Å². The Balaban J connectivity index is 2.24. The first-order chi connectivity index (χ1) is 10.7. The summed E-state index contributed by atoms with van der Waals surface area (Å²) < 4.78 is 1.58. The average molecular weight is 336 g/mol. The molecular weight excluding hydrogens is 314 g/mol. The predicted molar refractivity (Wildman–Crippen MR) is 91.4 cm³/mol. The van der Waals surface area contributed by atoms with Crippen molar-refractivity contribution in [1.29, 1.82) is 0 Å². The highest BCUT2D eigenvalue weighted by Crippen LogP contribution is 2.29. The topological polar surface area (TPSA) is 67.2 Å². The SMILES string of the molecule is Cn1cc(C(=O)NCC(O)C(C)(C)C)c(-c2ccccc2Cl)n1. The Kier molecular flexibility index (Phi) is 5.12. The molecule has 0 saturated carbocycles. The first-order valence-electron chi connectivity index (χ1n) is 7.45. The third-order valence-electron chi connectivity index (χ3n) is 3.66. The molecule has 124 valence electrons. The van der Waals surface area contributed by atoms with Crippen molar-refractivity contribution in [1.82, 2.24) is 15.1 Å². The van der Waals surface area contributed by atoms with Gasteiger partial charge in [0.1, 0.15) is 5.69 Å². The van der Waals surface area contributed by atoms with Crippen LogP contribution in [-0.4, -0.2) is 33.4 Å². The highest BCUT2D eigenvalue weighted by molar-refractivity contribution is 6.33. The minimum absolute atomic E-state index is 0.180. The first-order valence-corrected chi connectivity index (χ1v) is 7.82. The van der Waals surface area contributed by atoms with Gasteiger partial charge in [-0.3, -0.25) is 9.48 Å². The number of amides is 1. The molecule has 0 aliphatic rings. The molecule has 2 aromatic rings. The zero-order chi connectivity index (χ0) is 17.2. The van der Waals surface area contributed by atoms with Gasteiger partial charge in [-0.15, -0.1) is 0 Å². The van der Waals surface area contributed by atoms with E-state index in [-0.39, 0.29) is 17.9 Å². The maximum absolute atomic E-state index is 12.5. The molecule has 0 aliphatic heterocycles. The molecule has 5 nitrogen and oxygen atoms in total. The van der Waals surface area contributed by atoms with Gasteiger partial charge in [0.15, 0.2) is 0 Å². The number of nitrogens with zero attached hydrogens (tertiary/aromatic N) is 2. The quantitative estimate of drug-likeness (QED) is 0.902. The minimum Gasteiger partial charge on any atom is -0.391 e. The monoisotopic (exact) mass is 335 g/mol. The summed E-state index contributed by atoms with van der Waals surface area (Å²) >= 11 is 6.21. The molecular formula is C17H22ClN3O2. The molecule has 0 spiro atoms. The summed E-state index contributed by atoms with van der Waals surface area (Å²) in [7, 11) is 1.75. The summed E-state index contributed by atoms with van der Waals surface area (Å²) in [5, 5.41) is 17.7. The zero-order valence-electron chi connectivity index (χ0n) is 13.8. The van der Waals surface area contributed by atoms with Crippen molar-refractivity contribution in [2.45, 2.75) is 26.9 Å². The summed E-state index contributed by atoms with van der Waals surface area (Å²) in [6, 6.07) is 7.26. The van der Waals surface area contributed by atoms with E-state index >= 15 is 0 Å². The molecule has 0 radical (unpaired) electrons. The third-order valence-corrected chi connectivity index (χ3v) is 3.99. The van der Waals surface area contributed by atoms with E-state index in [1.165, 1.54) is 0 Å². The fourth-order valence-electron chi connectivity index (χ4n) is 2.10. The van der Waals surface area contributed by atoms with Gasteiger partial charge in [-0.05, 0) is 11.5 Å². The van der Waals surface area contributed by atoms with Crippen molar-refractivity contribution in [3.05, 3.63) is 41.0 Å². The number of hydrogen-bond donors (Lipinski definition) is 2. The Hall–Kier alpha value is -1.85. The van der Waals surface area contributed by atoms with Crippen LogP contribution in [0.1, 0.15) is 31.1 Å². The van der Waals surface area contributed by atoms with Gasteiger partial charge < -0.3 is 10.4 Å². The lowest BCUT2D eigenvalue weighted by Crippen LogP contribution is -2.39. The molecule has 1 amide bonds. The van der Waals surface area contributed by atoms with E-state index in [1.54, 1.807) is 24.0 Å². The van der Waals surface area contributed by atoms with Gasteiger partial charge in [-0.2, -0.15) is 5.10 Å². The molecule has 0 aliphatic carbocycles. The number of nitrogens with one attached hydrogen (secondary N) is 1. The minimum atomic E-state index is -0.633. The van der Waals surface area contributed by atoms with E-state index in [2.05, 4.69) is 10.4 Å². The number of aliphatic hydroxyl groups is 1. The van der Waals surface area contributed by atoms with Crippen molar-refractivity contribution in [2.24, 2.45) is 12.5 Å². The number of benzene rings is 1. The Morgan fingerprint density at radius 3 is 2.65 bits per heavy atom. The maximum atomic E-state index is 12.5. The van der Waals surface area contributed by atoms with E-state index in [1.807, 2.05) is 39.0 Å². The fraction of sp³-hybridized carbons (Fsp3) is 0.412. The smallest absolute Gasteiger partial charge is 0.255 e. The molecule has 1 heterocycles. The van der Waals surface area contributed by atoms with Gasteiger partial charge in [0.2, 0.25) is 0 Å². The highest BCUT2D eigenvalue weighted by Gasteiger charge is 2.24. The molecule has 2 rings (SSSR count). The lowest BCUT2D eigenvalue weighted by molar-refractivity contribution is 0.0587. The largest absolute Gasteiger partial charge is 0.391 e. The van der Waals surface area contributed by atoms with Gasteiger partial charge in [0, 0.05) is 25.4 Å². The first kappa shape index (κ1) is 17.5. The van der Waals surface area contributed by atoms with Crippen LogP contribution in [0, 0.1) is 5.41 Å². The molecule has 1 aromatic carbocycles. The molecule has 6 heteroatoms. The van der Waals surface area contributed by atoms with Gasteiger partial charge in [0.05, 0.1) is 16.7 Å². The summed E-state index contributed by atoms with van der Waals surface area (Å²) in [6.45, 7) is 5.94. The van der Waals surface area contributed by atoms with Gasteiger partial charge in [0.25, 0.3) is 5.91 Å². The highest BCUT2D eigenvalue weighted by atomic mass is 35.5. The van der Waals surface area contributed by atoms with Gasteiger partial charge in [-0.25, -0.2) is 0 Å². The second-order valence-corrected chi connectivity index (χ2v) is 7.04. The maximum Gasteiger partial charge on any atom is 0.255 e. The number of halogens is 1. The summed E-state index contributed by atoms with van der Waals surface area (Å²) in [5.41, 5.74) is 1.37. The predicted octanol–water partition coefficient (Wildman–Crippen LogP) is 2.88. The average Bonchev–Trinajstić information content (AvgIpc) is 2.85. The molecule has 1 unspecified atom stereocenters. The van der Waals surface area contributed by atoms with Crippen LogP contribution >= 0.6 is 11.6 Å². The Morgan fingerprint density at radius 2 is 2.04 bits per heavy atom. The van der Waals surface area contributed by atoms with Crippen molar-refractivity contribution in [3.8, 4) is 11.3 Å². The van der Waals surface area contributed by atoms with Crippen LogP contribution in [0.15, 0.2) is 30.5 Å². The number of aryl methyl sites for hydroxylation is 1. The lowest BCUT2D eigenvalue weighted by atomic mass is 9.89. The number of aliphatic hydroxyl groups excluding tert-OH is 1. The normalized spacial score (nSPS) is 13.0. The van der Waals surface area contributed by atoms with E-state index < -0.39 is 6.10 Å².